The van der Waals surface area contributed by atoms with Gasteiger partial charge in [0.1, 0.15) is 0 Å². The fourth-order valence-corrected chi connectivity index (χ4v) is 2.72. The molecule has 0 spiro atoms. The van der Waals surface area contributed by atoms with Gasteiger partial charge in [0.15, 0.2) is 0 Å². The van der Waals surface area contributed by atoms with Crippen molar-refractivity contribution in [2.45, 2.75) is 39.2 Å². The van der Waals surface area contributed by atoms with Gasteiger partial charge in [0.2, 0.25) is 0 Å². The molecular formula is C17H30BrN3. The lowest BCUT2D eigenvalue weighted by molar-refractivity contribution is 0.412. The summed E-state index contributed by atoms with van der Waals surface area (Å²) in [5.74, 6) is 0. The van der Waals surface area contributed by atoms with E-state index in [1.165, 1.54) is 11.3 Å². The van der Waals surface area contributed by atoms with E-state index in [0.29, 0.717) is 0 Å². The lowest BCUT2D eigenvalue weighted by Crippen LogP contribution is -2.33. The van der Waals surface area contributed by atoms with Crippen molar-refractivity contribution in [2.24, 2.45) is 5.73 Å². The van der Waals surface area contributed by atoms with Crippen molar-refractivity contribution in [2.75, 3.05) is 38.6 Å². The second-order valence-corrected chi connectivity index (χ2v) is 6.85. The van der Waals surface area contributed by atoms with Crippen LogP contribution < -0.4 is 10.6 Å². The molecular weight excluding hydrogens is 326 g/mol. The van der Waals surface area contributed by atoms with Crippen LogP contribution >= 0.6 is 15.9 Å². The van der Waals surface area contributed by atoms with E-state index in [1.54, 1.807) is 0 Å². The van der Waals surface area contributed by atoms with Gasteiger partial charge in [-0.15, -0.1) is 0 Å². The second kappa shape index (κ2) is 9.44. The zero-order chi connectivity index (χ0) is 15.8. The van der Waals surface area contributed by atoms with Crippen LogP contribution in [0.2, 0.25) is 0 Å². The zero-order valence-corrected chi connectivity index (χ0v) is 15.5. The van der Waals surface area contributed by atoms with E-state index in [-0.39, 0.29) is 6.04 Å². The topological polar surface area (TPSA) is 32.5 Å². The Balaban J connectivity index is 3.00. The molecule has 0 aliphatic heterocycles. The van der Waals surface area contributed by atoms with Crippen molar-refractivity contribution < 1.29 is 0 Å². The average molecular weight is 356 g/mol. The monoisotopic (exact) mass is 355 g/mol. The van der Waals surface area contributed by atoms with Gasteiger partial charge in [0.25, 0.3) is 0 Å². The van der Waals surface area contributed by atoms with Gasteiger partial charge < -0.3 is 15.5 Å². The normalized spacial score (nSPS) is 12.7. The number of likely N-dealkylation sites (N-methyl/N-ethyl adjacent to an activating group) is 1. The minimum absolute atomic E-state index is 0.238. The van der Waals surface area contributed by atoms with Gasteiger partial charge in [0.05, 0.1) is 0 Å². The smallest absolute Gasteiger partial charge is 0.0411 e. The van der Waals surface area contributed by atoms with Crippen LogP contribution in [-0.4, -0.2) is 44.7 Å². The molecule has 0 saturated heterocycles. The summed E-state index contributed by atoms with van der Waals surface area (Å²) in [4.78, 5) is 4.72. The Kier molecular flexibility index (Phi) is 8.30. The van der Waals surface area contributed by atoms with Crippen molar-refractivity contribution in [1.29, 1.82) is 0 Å². The van der Waals surface area contributed by atoms with E-state index in [4.69, 9.17) is 5.73 Å². The first-order chi connectivity index (χ1) is 9.97. The molecule has 1 aromatic rings. The number of benzene rings is 1. The average Bonchev–Trinajstić information content (AvgIpc) is 2.45. The second-order valence-electron chi connectivity index (χ2n) is 5.94. The number of nitrogens with zero attached hydrogens (tertiary/aromatic N) is 2. The van der Waals surface area contributed by atoms with E-state index in [9.17, 15) is 0 Å². The Hall–Kier alpha value is -0.580. The number of halogens is 1. The summed E-state index contributed by atoms with van der Waals surface area (Å²) in [6, 6.07) is 6.82. The molecule has 21 heavy (non-hydrogen) atoms. The summed E-state index contributed by atoms with van der Waals surface area (Å²) >= 11 is 3.61. The molecule has 0 amide bonds. The lowest BCUT2D eigenvalue weighted by Gasteiger charge is -2.29. The Bertz CT molecular complexity index is 420. The molecule has 120 valence electrons. The third-order valence-electron chi connectivity index (χ3n) is 3.71. The SMILES string of the molecule is CCCN(CCN(C)C)c1cc(Br)ccc1CC(N)CC. The summed E-state index contributed by atoms with van der Waals surface area (Å²) in [5.41, 5.74) is 8.86. The Morgan fingerprint density at radius 2 is 1.86 bits per heavy atom. The van der Waals surface area contributed by atoms with Crippen LogP contribution in [0.5, 0.6) is 0 Å². The molecule has 0 heterocycles. The largest absolute Gasteiger partial charge is 0.370 e. The summed E-state index contributed by atoms with van der Waals surface area (Å²) in [6.45, 7) is 7.58. The minimum atomic E-state index is 0.238. The molecule has 0 bridgehead atoms. The molecule has 0 aliphatic rings. The van der Waals surface area contributed by atoms with Crippen LogP contribution in [0.4, 0.5) is 5.69 Å². The maximum Gasteiger partial charge on any atom is 0.0411 e. The van der Waals surface area contributed by atoms with Crippen LogP contribution in [0.1, 0.15) is 32.3 Å². The molecule has 1 unspecified atom stereocenters. The number of rotatable bonds is 9. The predicted molar refractivity (Wildman–Crippen MR) is 97.2 cm³/mol. The highest BCUT2D eigenvalue weighted by atomic mass is 79.9. The number of anilines is 1. The highest BCUT2D eigenvalue weighted by Gasteiger charge is 2.13. The number of hydrogen-bond donors (Lipinski definition) is 1. The van der Waals surface area contributed by atoms with Gasteiger partial charge in [-0.25, -0.2) is 0 Å². The molecule has 0 fully saturated rings. The van der Waals surface area contributed by atoms with E-state index < -0.39 is 0 Å². The summed E-state index contributed by atoms with van der Waals surface area (Å²) in [5, 5.41) is 0. The Morgan fingerprint density at radius 1 is 1.14 bits per heavy atom. The lowest BCUT2D eigenvalue weighted by atomic mass is 10.0. The Morgan fingerprint density at radius 3 is 2.43 bits per heavy atom. The zero-order valence-electron chi connectivity index (χ0n) is 13.9. The molecule has 3 nitrogen and oxygen atoms in total. The van der Waals surface area contributed by atoms with Crippen molar-refractivity contribution in [3.05, 3.63) is 28.2 Å². The van der Waals surface area contributed by atoms with Gasteiger partial charge in [-0.3, -0.25) is 0 Å². The van der Waals surface area contributed by atoms with Gasteiger partial charge in [-0.1, -0.05) is 35.8 Å². The third kappa shape index (κ3) is 6.37. The maximum atomic E-state index is 6.17. The molecule has 0 saturated carbocycles. The molecule has 1 rings (SSSR count). The number of hydrogen-bond acceptors (Lipinski definition) is 3. The van der Waals surface area contributed by atoms with Crippen LogP contribution in [0, 0.1) is 0 Å². The molecule has 0 aliphatic carbocycles. The Labute approximate surface area is 138 Å². The fraction of sp³-hybridized carbons (Fsp3) is 0.647. The van der Waals surface area contributed by atoms with E-state index in [0.717, 1.165) is 43.4 Å². The van der Waals surface area contributed by atoms with E-state index in [1.807, 2.05) is 0 Å². The van der Waals surface area contributed by atoms with Crippen LogP contribution in [0.15, 0.2) is 22.7 Å². The highest BCUT2D eigenvalue weighted by Crippen LogP contribution is 2.27. The van der Waals surface area contributed by atoms with Crippen molar-refractivity contribution in [1.82, 2.24) is 4.90 Å². The van der Waals surface area contributed by atoms with Crippen LogP contribution in [-0.2, 0) is 6.42 Å². The van der Waals surface area contributed by atoms with E-state index >= 15 is 0 Å². The van der Waals surface area contributed by atoms with Crippen molar-refractivity contribution in [3.8, 4) is 0 Å². The predicted octanol–water partition coefficient (Wildman–Crippen LogP) is 3.51. The van der Waals surface area contributed by atoms with Crippen LogP contribution in [0.25, 0.3) is 0 Å². The maximum absolute atomic E-state index is 6.17. The van der Waals surface area contributed by atoms with Gasteiger partial charge in [0, 0.05) is 35.8 Å². The number of nitrogens with two attached hydrogens (primary N) is 1. The molecule has 4 heteroatoms. The fourth-order valence-electron chi connectivity index (χ4n) is 2.37. The third-order valence-corrected chi connectivity index (χ3v) is 4.20. The van der Waals surface area contributed by atoms with Crippen LogP contribution in [0.3, 0.4) is 0 Å². The summed E-state index contributed by atoms with van der Waals surface area (Å²) < 4.78 is 1.14. The molecule has 1 atom stereocenters. The van der Waals surface area contributed by atoms with Gasteiger partial charge in [-0.05, 0) is 51.1 Å². The standard InChI is InChI=1S/C17H30BrN3/c1-5-9-21(11-10-20(3)4)17-13-15(18)8-7-14(17)12-16(19)6-2/h7-8,13,16H,5-6,9-12,19H2,1-4H3. The summed E-state index contributed by atoms with van der Waals surface area (Å²) in [6.07, 6.45) is 3.11. The van der Waals surface area contributed by atoms with Crippen molar-refractivity contribution >= 4 is 21.6 Å². The van der Waals surface area contributed by atoms with E-state index in [2.05, 4.69) is 71.9 Å². The summed E-state index contributed by atoms with van der Waals surface area (Å²) in [7, 11) is 4.25. The van der Waals surface area contributed by atoms with Crippen molar-refractivity contribution in [3.63, 3.8) is 0 Å². The van der Waals surface area contributed by atoms with Gasteiger partial charge >= 0.3 is 0 Å². The first-order valence-electron chi connectivity index (χ1n) is 7.91. The van der Waals surface area contributed by atoms with Gasteiger partial charge in [-0.2, -0.15) is 0 Å². The molecule has 0 aromatic heterocycles. The highest BCUT2D eigenvalue weighted by molar-refractivity contribution is 9.10. The first kappa shape index (κ1) is 18.5. The molecule has 0 radical (unpaired) electrons. The molecule has 1 aromatic carbocycles. The molecule has 2 N–H and O–H groups in total. The first-order valence-corrected chi connectivity index (χ1v) is 8.70. The quantitative estimate of drug-likeness (QED) is 0.735. The minimum Gasteiger partial charge on any atom is -0.370 e.